The van der Waals surface area contributed by atoms with Crippen LogP contribution in [0.3, 0.4) is 0 Å². The molecule has 0 amide bonds. The smallest absolute Gasteiger partial charge is 0.169 e. The van der Waals surface area contributed by atoms with Gasteiger partial charge in [-0.3, -0.25) is 9.78 Å². The Morgan fingerprint density at radius 3 is 2.38 bits per heavy atom. The Labute approximate surface area is 110 Å². The van der Waals surface area contributed by atoms with Crippen molar-refractivity contribution in [3.05, 3.63) is 51.2 Å². The van der Waals surface area contributed by atoms with Crippen molar-refractivity contribution in [1.82, 2.24) is 4.98 Å². The third-order valence-corrected chi connectivity index (χ3v) is 3.50. The molecule has 0 radical (unpaired) electrons. The highest BCUT2D eigenvalue weighted by atomic mass is 79.9. The Morgan fingerprint density at radius 2 is 1.75 bits per heavy atom. The number of pyridine rings is 1. The van der Waals surface area contributed by atoms with Crippen molar-refractivity contribution in [2.24, 2.45) is 0 Å². The summed E-state index contributed by atoms with van der Waals surface area (Å²) in [6.07, 6.45) is 2.37. The van der Waals surface area contributed by atoms with E-state index in [1.165, 1.54) is 0 Å². The zero-order valence-electron chi connectivity index (χ0n) is 8.15. The van der Waals surface area contributed by atoms with Crippen LogP contribution in [0, 0.1) is 0 Å². The molecule has 1 aromatic heterocycles. The summed E-state index contributed by atoms with van der Waals surface area (Å²) in [6, 6.07) is 9.48. The number of halogens is 2. The van der Waals surface area contributed by atoms with Crippen molar-refractivity contribution < 1.29 is 4.79 Å². The number of carbonyl (C=O) groups is 1. The van der Waals surface area contributed by atoms with Crippen LogP contribution in [-0.2, 0) is 0 Å². The first-order valence-corrected chi connectivity index (χ1v) is 6.17. The van der Waals surface area contributed by atoms with Crippen LogP contribution in [0.1, 0.15) is 10.5 Å². The predicted octanol–water partition coefficient (Wildman–Crippen LogP) is 4.09. The average molecular weight is 341 g/mol. The van der Waals surface area contributed by atoms with Crippen molar-refractivity contribution in [3.8, 4) is 11.1 Å². The summed E-state index contributed by atoms with van der Waals surface area (Å²) >= 11 is 6.95. The molecule has 0 saturated carbocycles. The maximum atomic E-state index is 10.9. The summed E-state index contributed by atoms with van der Waals surface area (Å²) in [5, 5.41) is 0. The molecule has 0 N–H and O–H groups in total. The second-order valence-electron chi connectivity index (χ2n) is 3.15. The van der Waals surface area contributed by atoms with Crippen LogP contribution in [0.2, 0.25) is 0 Å². The topological polar surface area (TPSA) is 30.0 Å². The summed E-state index contributed by atoms with van der Waals surface area (Å²) in [6.45, 7) is 0. The highest BCUT2D eigenvalue weighted by Crippen LogP contribution is 2.35. The van der Waals surface area contributed by atoms with Gasteiger partial charge in [-0.25, -0.2) is 0 Å². The standard InChI is InChI=1S/C12H7Br2NO/c13-9-4-1-5-10(14)12(9)8-3-2-6-15-11(8)7-16/h1-7H. The van der Waals surface area contributed by atoms with Crippen LogP contribution in [0.5, 0.6) is 0 Å². The van der Waals surface area contributed by atoms with Gasteiger partial charge < -0.3 is 0 Å². The minimum Gasteiger partial charge on any atom is -0.296 e. The van der Waals surface area contributed by atoms with Crippen molar-refractivity contribution >= 4 is 38.1 Å². The molecule has 0 spiro atoms. The molecule has 2 nitrogen and oxygen atoms in total. The van der Waals surface area contributed by atoms with E-state index in [0.29, 0.717) is 5.69 Å². The summed E-state index contributed by atoms with van der Waals surface area (Å²) < 4.78 is 1.86. The molecular formula is C12H7Br2NO. The SMILES string of the molecule is O=Cc1ncccc1-c1c(Br)cccc1Br. The first-order chi connectivity index (χ1) is 7.74. The van der Waals surface area contributed by atoms with Crippen molar-refractivity contribution in [2.45, 2.75) is 0 Å². The van der Waals surface area contributed by atoms with E-state index in [4.69, 9.17) is 0 Å². The first kappa shape index (κ1) is 11.5. The van der Waals surface area contributed by atoms with E-state index >= 15 is 0 Å². The molecule has 0 bridgehead atoms. The highest BCUT2D eigenvalue weighted by molar-refractivity contribution is 9.11. The Bertz CT molecular complexity index is 520. The van der Waals surface area contributed by atoms with Gasteiger partial charge in [0.15, 0.2) is 6.29 Å². The molecular weight excluding hydrogens is 334 g/mol. The minimum atomic E-state index is 0.440. The molecule has 0 saturated heterocycles. The molecule has 2 aromatic rings. The van der Waals surface area contributed by atoms with E-state index in [2.05, 4.69) is 36.8 Å². The average Bonchev–Trinajstić information content (AvgIpc) is 2.29. The number of aldehydes is 1. The van der Waals surface area contributed by atoms with Crippen LogP contribution in [-0.4, -0.2) is 11.3 Å². The summed E-state index contributed by atoms with van der Waals surface area (Å²) in [7, 11) is 0. The lowest BCUT2D eigenvalue weighted by Crippen LogP contribution is -1.92. The monoisotopic (exact) mass is 339 g/mol. The number of rotatable bonds is 2. The molecule has 0 aliphatic rings. The van der Waals surface area contributed by atoms with Gasteiger partial charge in [-0.2, -0.15) is 0 Å². The van der Waals surface area contributed by atoms with Gasteiger partial charge in [0.25, 0.3) is 0 Å². The zero-order chi connectivity index (χ0) is 11.5. The number of hydrogen-bond donors (Lipinski definition) is 0. The zero-order valence-corrected chi connectivity index (χ0v) is 11.3. The van der Waals surface area contributed by atoms with Gasteiger partial charge >= 0.3 is 0 Å². The molecule has 4 heteroatoms. The molecule has 0 aliphatic heterocycles. The second kappa shape index (κ2) is 4.89. The Morgan fingerprint density at radius 1 is 1.06 bits per heavy atom. The molecule has 0 atom stereocenters. The van der Waals surface area contributed by atoms with Gasteiger partial charge in [0, 0.05) is 26.3 Å². The maximum absolute atomic E-state index is 10.9. The predicted molar refractivity (Wildman–Crippen MR) is 70.5 cm³/mol. The quantitative estimate of drug-likeness (QED) is 0.771. The van der Waals surface area contributed by atoms with Gasteiger partial charge in [0.1, 0.15) is 5.69 Å². The third-order valence-electron chi connectivity index (χ3n) is 2.18. The van der Waals surface area contributed by atoms with Crippen LogP contribution < -0.4 is 0 Å². The largest absolute Gasteiger partial charge is 0.296 e. The minimum absolute atomic E-state index is 0.440. The van der Waals surface area contributed by atoms with Gasteiger partial charge in [0.05, 0.1) is 0 Å². The van der Waals surface area contributed by atoms with Crippen LogP contribution in [0.25, 0.3) is 11.1 Å². The fourth-order valence-electron chi connectivity index (χ4n) is 1.48. The fourth-order valence-corrected chi connectivity index (χ4v) is 2.90. The Kier molecular flexibility index (Phi) is 3.51. The normalized spacial score (nSPS) is 10.1. The molecule has 80 valence electrons. The van der Waals surface area contributed by atoms with Crippen molar-refractivity contribution in [3.63, 3.8) is 0 Å². The summed E-state index contributed by atoms with van der Waals surface area (Å²) in [5.41, 5.74) is 2.20. The summed E-state index contributed by atoms with van der Waals surface area (Å²) in [5.74, 6) is 0. The fraction of sp³-hybridized carbons (Fsp3) is 0. The molecule has 0 unspecified atom stereocenters. The van der Waals surface area contributed by atoms with Crippen LogP contribution in [0.15, 0.2) is 45.5 Å². The molecule has 0 fully saturated rings. The molecule has 0 aliphatic carbocycles. The van der Waals surface area contributed by atoms with E-state index in [1.54, 1.807) is 6.20 Å². The molecule has 2 rings (SSSR count). The van der Waals surface area contributed by atoms with Gasteiger partial charge in [-0.1, -0.05) is 44.0 Å². The number of carbonyl (C=O) groups excluding carboxylic acids is 1. The molecule has 1 aromatic carbocycles. The van der Waals surface area contributed by atoms with Crippen LogP contribution >= 0.6 is 31.9 Å². The number of benzene rings is 1. The van der Waals surface area contributed by atoms with E-state index in [-0.39, 0.29) is 0 Å². The maximum Gasteiger partial charge on any atom is 0.169 e. The van der Waals surface area contributed by atoms with Gasteiger partial charge in [-0.15, -0.1) is 0 Å². The van der Waals surface area contributed by atoms with Gasteiger partial charge in [-0.05, 0) is 18.2 Å². The summed E-state index contributed by atoms with van der Waals surface area (Å²) in [4.78, 5) is 15.0. The molecule has 16 heavy (non-hydrogen) atoms. The number of aromatic nitrogens is 1. The Hall–Kier alpha value is -1.000. The lowest BCUT2D eigenvalue weighted by atomic mass is 10.0. The molecule has 1 heterocycles. The third kappa shape index (κ3) is 2.08. The van der Waals surface area contributed by atoms with E-state index < -0.39 is 0 Å². The number of hydrogen-bond acceptors (Lipinski definition) is 2. The first-order valence-electron chi connectivity index (χ1n) is 4.58. The highest BCUT2D eigenvalue weighted by Gasteiger charge is 2.11. The van der Waals surface area contributed by atoms with Gasteiger partial charge in [0.2, 0.25) is 0 Å². The van der Waals surface area contributed by atoms with E-state index in [9.17, 15) is 4.79 Å². The second-order valence-corrected chi connectivity index (χ2v) is 4.86. The van der Waals surface area contributed by atoms with Crippen molar-refractivity contribution in [2.75, 3.05) is 0 Å². The van der Waals surface area contributed by atoms with Crippen LogP contribution in [0.4, 0.5) is 0 Å². The van der Waals surface area contributed by atoms with E-state index in [0.717, 1.165) is 26.4 Å². The number of nitrogens with zero attached hydrogens (tertiary/aromatic N) is 1. The Balaban J connectivity index is 2.72. The van der Waals surface area contributed by atoms with E-state index in [1.807, 2.05) is 30.3 Å². The lowest BCUT2D eigenvalue weighted by molar-refractivity contribution is 0.111. The lowest BCUT2D eigenvalue weighted by Gasteiger charge is -2.08. The van der Waals surface area contributed by atoms with Crippen molar-refractivity contribution in [1.29, 1.82) is 0 Å².